The second kappa shape index (κ2) is 4.52. The van der Waals surface area contributed by atoms with Gasteiger partial charge in [-0.1, -0.05) is 12.1 Å². The maximum Gasteiger partial charge on any atom is 0.312 e. The lowest BCUT2D eigenvalue weighted by Gasteiger charge is -2.06. The molecular formula is C9H9NO5. The summed E-state index contributed by atoms with van der Waals surface area (Å²) in [5.41, 5.74) is -0.129. The van der Waals surface area contributed by atoms with Gasteiger partial charge in [-0.3, -0.25) is 14.9 Å². The molecule has 0 heterocycles. The summed E-state index contributed by atoms with van der Waals surface area (Å²) in [6, 6.07) is 4.07. The third kappa shape index (κ3) is 2.50. The van der Waals surface area contributed by atoms with E-state index in [1.807, 2.05) is 0 Å². The van der Waals surface area contributed by atoms with Gasteiger partial charge in [-0.25, -0.2) is 0 Å². The first kappa shape index (κ1) is 11.1. The molecule has 0 bridgehead atoms. The molecule has 6 nitrogen and oxygen atoms in total. The first-order valence-electron chi connectivity index (χ1n) is 4.11. The molecule has 6 heteroatoms. The second-order valence-electron chi connectivity index (χ2n) is 2.77. The molecule has 0 unspecified atom stereocenters. The SMILES string of the molecule is CC(=O)Oc1c(CO)cccc1[N+](=O)[O-]. The van der Waals surface area contributed by atoms with Crippen LogP contribution in [0, 0.1) is 10.1 Å². The molecule has 15 heavy (non-hydrogen) atoms. The highest BCUT2D eigenvalue weighted by molar-refractivity contribution is 5.72. The molecule has 0 atom stereocenters. The molecule has 80 valence electrons. The van der Waals surface area contributed by atoms with E-state index in [2.05, 4.69) is 4.74 Å². The highest BCUT2D eigenvalue weighted by Gasteiger charge is 2.19. The number of benzene rings is 1. The van der Waals surface area contributed by atoms with Crippen molar-refractivity contribution in [2.75, 3.05) is 0 Å². The van der Waals surface area contributed by atoms with Crippen molar-refractivity contribution in [1.82, 2.24) is 0 Å². The molecule has 1 N–H and O–H groups in total. The molecule has 0 aliphatic carbocycles. The number of hydrogen-bond donors (Lipinski definition) is 1. The number of carbonyl (C=O) groups excluding carboxylic acids is 1. The minimum atomic E-state index is -0.669. The third-order valence-corrected chi connectivity index (χ3v) is 1.69. The van der Waals surface area contributed by atoms with Gasteiger partial charge in [0.05, 0.1) is 11.5 Å². The zero-order valence-corrected chi connectivity index (χ0v) is 7.97. The number of esters is 1. The fraction of sp³-hybridized carbons (Fsp3) is 0.222. The van der Waals surface area contributed by atoms with Crippen LogP contribution in [0.3, 0.4) is 0 Å². The minimum absolute atomic E-state index is 0.197. The number of nitro groups is 1. The molecule has 0 aliphatic rings. The Morgan fingerprint density at radius 3 is 2.73 bits per heavy atom. The van der Waals surface area contributed by atoms with Gasteiger partial charge in [-0.05, 0) is 0 Å². The van der Waals surface area contributed by atoms with Crippen LogP contribution in [-0.2, 0) is 11.4 Å². The maximum atomic E-state index is 10.7. The molecule has 0 spiro atoms. The Labute approximate surface area is 85.2 Å². The summed E-state index contributed by atoms with van der Waals surface area (Å²) in [7, 11) is 0. The average molecular weight is 211 g/mol. The highest BCUT2D eigenvalue weighted by Crippen LogP contribution is 2.30. The molecular weight excluding hydrogens is 202 g/mol. The predicted molar refractivity (Wildman–Crippen MR) is 50.3 cm³/mol. The summed E-state index contributed by atoms with van der Waals surface area (Å²) < 4.78 is 4.69. The van der Waals surface area contributed by atoms with E-state index in [4.69, 9.17) is 5.11 Å². The molecule has 0 saturated heterocycles. The molecule has 1 aromatic carbocycles. The van der Waals surface area contributed by atoms with Crippen LogP contribution >= 0.6 is 0 Å². The lowest BCUT2D eigenvalue weighted by Crippen LogP contribution is -2.06. The minimum Gasteiger partial charge on any atom is -0.419 e. The first-order valence-corrected chi connectivity index (χ1v) is 4.11. The molecule has 0 fully saturated rings. The monoisotopic (exact) mass is 211 g/mol. The lowest BCUT2D eigenvalue weighted by atomic mass is 10.2. The summed E-state index contributed by atoms with van der Waals surface area (Å²) in [6.07, 6.45) is 0. The van der Waals surface area contributed by atoms with Gasteiger partial charge in [0.1, 0.15) is 0 Å². The van der Waals surface area contributed by atoms with Gasteiger partial charge in [0, 0.05) is 18.6 Å². The number of para-hydroxylation sites is 1. The molecule has 0 radical (unpaired) electrons. The van der Waals surface area contributed by atoms with Crippen LogP contribution in [0.1, 0.15) is 12.5 Å². The molecule has 0 saturated carbocycles. The van der Waals surface area contributed by atoms with Crippen LogP contribution in [-0.4, -0.2) is 16.0 Å². The average Bonchev–Trinajstić information content (AvgIpc) is 2.16. The topological polar surface area (TPSA) is 89.7 Å². The van der Waals surface area contributed by atoms with Gasteiger partial charge in [-0.2, -0.15) is 0 Å². The van der Waals surface area contributed by atoms with Crippen LogP contribution in [0.5, 0.6) is 5.75 Å². The van der Waals surface area contributed by atoms with E-state index in [0.29, 0.717) is 0 Å². The standard InChI is InChI=1S/C9H9NO5/c1-6(12)15-9-7(5-11)3-2-4-8(9)10(13)14/h2-4,11H,5H2,1H3. The second-order valence-corrected chi connectivity index (χ2v) is 2.77. The summed E-state index contributed by atoms with van der Waals surface area (Å²) in [5, 5.41) is 19.5. The van der Waals surface area contributed by atoms with Crippen molar-refractivity contribution >= 4 is 11.7 Å². The number of hydrogen-bond acceptors (Lipinski definition) is 5. The van der Waals surface area contributed by atoms with Crippen molar-refractivity contribution in [3.05, 3.63) is 33.9 Å². The van der Waals surface area contributed by atoms with Crippen molar-refractivity contribution in [3.8, 4) is 5.75 Å². The van der Waals surface area contributed by atoms with Crippen molar-refractivity contribution in [1.29, 1.82) is 0 Å². The molecule has 0 aromatic heterocycles. The number of aliphatic hydroxyl groups excluding tert-OH is 1. The summed E-state index contributed by atoms with van der Waals surface area (Å²) in [6.45, 7) is 0.710. The van der Waals surface area contributed by atoms with Crippen molar-refractivity contribution < 1.29 is 19.6 Å². The van der Waals surface area contributed by atoms with Gasteiger partial charge < -0.3 is 9.84 Å². The normalized spacial score (nSPS) is 9.73. The quantitative estimate of drug-likeness (QED) is 0.349. The van der Waals surface area contributed by atoms with Crippen LogP contribution < -0.4 is 4.74 Å². The van der Waals surface area contributed by atoms with Gasteiger partial charge in [0.25, 0.3) is 0 Å². The smallest absolute Gasteiger partial charge is 0.312 e. The summed E-state index contributed by atoms with van der Waals surface area (Å²) >= 11 is 0. The zero-order valence-electron chi connectivity index (χ0n) is 7.97. The molecule has 1 rings (SSSR count). The van der Waals surface area contributed by atoms with E-state index in [9.17, 15) is 14.9 Å². The number of aliphatic hydroxyl groups is 1. The van der Waals surface area contributed by atoms with E-state index in [1.54, 1.807) is 0 Å². The van der Waals surface area contributed by atoms with E-state index in [1.165, 1.54) is 18.2 Å². The fourth-order valence-corrected chi connectivity index (χ4v) is 1.10. The fourth-order valence-electron chi connectivity index (χ4n) is 1.10. The maximum absolute atomic E-state index is 10.7. The zero-order chi connectivity index (χ0) is 11.4. The Balaban J connectivity index is 3.26. The lowest BCUT2D eigenvalue weighted by molar-refractivity contribution is -0.385. The van der Waals surface area contributed by atoms with Crippen LogP contribution in [0.4, 0.5) is 5.69 Å². The van der Waals surface area contributed by atoms with Gasteiger partial charge in [-0.15, -0.1) is 0 Å². The van der Waals surface area contributed by atoms with Gasteiger partial charge >= 0.3 is 11.7 Å². The molecule has 0 aliphatic heterocycles. The van der Waals surface area contributed by atoms with E-state index < -0.39 is 17.5 Å². The Kier molecular flexibility index (Phi) is 3.35. The van der Waals surface area contributed by atoms with E-state index in [-0.39, 0.29) is 17.0 Å². The number of rotatable bonds is 3. The van der Waals surface area contributed by atoms with Crippen LogP contribution in [0.2, 0.25) is 0 Å². The van der Waals surface area contributed by atoms with Crippen LogP contribution in [0.25, 0.3) is 0 Å². The first-order chi connectivity index (χ1) is 7.06. The Morgan fingerprint density at radius 1 is 1.60 bits per heavy atom. The van der Waals surface area contributed by atoms with Gasteiger partial charge in [0.15, 0.2) is 0 Å². The third-order valence-electron chi connectivity index (χ3n) is 1.69. The largest absolute Gasteiger partial charge is 0.419 e. The Bertz CT molecular complexity index is 401. The van der Waals surface area contributed by atoms with Crippen molar-refractivity contribution in [3.63, 3.8) is 0 Å². The molecule has 0 amide bonds. The van der Waals surface area contributed by atoms with Crippen molar-refractivity contribution in [2.45, 2.75) is 13.5 Å². The number of nitro benzene ring substituents is 1. The van der Waals surface area contributed by atoms with E-state index >= 15 is 0 Å². The van der Waals surface area contributed by atoms with E-state index in [0.717, 1.165) is 6.92 Å². The number of carbonyl (C=O) groups is 1. The molecule has 1 aromatic rings. The summed E-state index contributed by atoms with van der Waals surface area (Å²) in [4.78, 5) is 20.7. The predicted octanol–water partition coefficient (Wildman–Crippen LogP) is 1.01. The Hall–Kier alpha value is -1.95. The van der Waals surface area contributed by atoms with Crippen LogP contribution in [0.15, 0.2) is 18.2 Å². The number of nitrogens with zero attached hydrogens (tertiary/aromatic N) is 1. The highest BCUT2D eigenvalue weighted by atomic mass is 16.6. The van der Waals surface area contributed by atoms with Crippen molar-refractivity contribution in [2.24, 2.45) is 0 Å². The number of ether oxygens (including phenoxy) is 1. The Morgan fingerprint density at radius 2 is 2.27 bits per heavy atom. The van der Waals surface area contributed by atoms with Gasteiger partial charge in [0.2, 0.25) is 5.75 Å². The summed E-state index contributed by atoms with van der Waals surface area (Å²) in [5.74, 6) is -0.864.